The maximum atomic E-state index is 10.5. The summed E-state index contributed by atoms with van der Waals surface area (Å²) in [4.78, 5) is -0.0666. The van der Waals surface area contributed by atoms with E-state index in [-0.39, 0.29) is 4.90 Å². The summed E-state index contributed by atoms with van der Waals surface area (Å²) in [7, 11) is -4.02. The molecule has 3 nitrogen and oxygen atoms in total. The molecule has 0 fully saturated rings. The Kier molecular flexibility index (Phi) is 5.68. The minimum atomic E-state index is -4.02. The van der Waals surface area contributed by atoms with Crippen molar-refractivity contribution in [3.8, 4) is 12.3 Å². The lowest BCUT2D eigenvalue weighted by Crippen LogP contribution is -1.96. The van der Waals surface area contributed by atoms with Gasteiger partial charge in [0.2, 0.25) is 0 Å². The van der Waals surface area contributed by atoms with Gasteiger partial charge in [-0.15, -0.1) is 12.3 Å². The second-order valence-corrected chi connectivity index (χ2v) is 4.27. The molecule has 1 rings (SSSR count). The van der Waals surface area contributed by atoms with E-state index in [1.54, 1.807) is 12.1 Å². The van der Waals surface area contributed by atoms with E-state index >= 15 is 0 Å². The molecule has 82 valence electrons. The molecule has 0 saturated heterocycles. The zero-order valence-corrected chi connectivity index (χ0v) is 9.58. The third kappa shape index (κ3) is 5.89. The molecular formula is C11H14O3S. The topological polar surface area (TPSA) is 54.4 Å². The van der Waals surface area contributed by atoms with Gasteiger partial charge in [0.15, 0.2) is 0 Å². The number of benzene rings is 1. The van der Waals surface area contributed by atoms with Crippen LogP contribution in [0.15, 0.2) is 29.2 Å². The summed E-state index contributed by atoms with van der Waals surface area (Å²) < 4.78 is 29.6. The Bertz CT molecular complexity index is 424. The Morgan fingerprint density at radius 1 is 1.33 bits per heavy atom. The first-order chi connectivity index (χ1) is 6.91. The van der Waals surface area contributed by atoms with Crippen molar-refractivity contribution in [3.63, 3.8) is 0 Å². The van der Waals surface area contributed by atoms with Crippen LogP contribution in [0.1, 0.15) is 18.9 Å². The molecule has 0 radical (unpaired) electrons. The fourth-order valence-electron chi connectivity index (χ4n) is 0.710. The van der Waals surface area contributed by atoms with Crippen molar-refractivity contribution in [2.45, 2.75) is 25.2 Å². The molecule has 0 aliphatic carbocycles. The van der Waals surface area contributed by atoms with Crippen molar-refractivity contribution in [2.24, 2.45) is 0 Å². The summed E-state index contributed by atoms with van der Waals surface area (Å²) >= 11 is 0. The maximum absolute atomic E-state index is 10.5. The van der Waals surface area contributed by atoms with Gasteiger partial charge in [0.05, 0.1) is 4.90 Å². The summed E-state index contributed by atoms with van der Waals surface area (Å²) in [5.74, 6) is 2.43. The van der Waals surface area contributed by atoms with Gasteiger partial charge in [-0.05, 0) is 19.1 Å². The third-order valence-electron chi connectivity index (χ3n) is 1.52. The lowest BCUT2D eigenvalue weighted by atomic mass is 10.2. The first-order valence-corrected chi connectivity index (χ1v) is 5.83. The van der Waals surface area contributed by atoms with Crippen molar-refractivity contribution in [1.29, 1.82) is 0 Å². The molecule has 0 unspecified atom stereocenters. The van der Waals surface area contributed by atoms with Gasteiger partial charge >= 0.3 is 0 Å². The van der Waals surface area contributed by atoms with Gasteiger partial charge in [-0.1, -0.05) is 24.6 Å². The van der Waals surface area contributed by atoms with Crippen LogP contribution in [-0.4, -0.2) is 13.0 Å². The molecule has 15 heavy (non-hydrogen) atoms. The summed E-state index contributed by atoms with van der Waals surface area (Å²) in [6.07, 6.45) is 5.62. The SMILES string of the molecule is C#CCC.Cc1ccc(S(=O)(=O)O)cc1. The molecule has 1 aromatic rings. The van der Waals surface area contributed by atoms with Crippen molar-refractivity contribution < 1.29 is 13.0 Å². The first-order valence-electron chi connectivity index (χ1n) is 4.39. The maximum Gasteiger partial charge on any atom is 0.294 e. The molecule has 0 aromatic heterocycles. The van der Waals surface area contributed by atoms with Crippen LogP contribution in [0.5, 0.6) is 0 Å². The predicted octanol–water partition coefficient (Wildman–Crippen LogP) is 2.27. The quantitative estimate of drug-likeness (QED) is 0.590. The monoisotopic (exact) mass is 226 g/mol. The molecule has 4 heteroatoms. The van der Waals surface area contributed by atoms with Crippen LogP contribution in [0.3, 0.4) is 0 Å². The normalized spacial score (nSPS) is 9.73. The number of rotatable bonds is 1. The van der Waals surface area contributed by atoms with Gasteiger partial charge in [-0.25, -0.2) is 0 Å². The van der Waals surface area contributed by atoms with Gasteiger partial charge in [0, 0.05) is 6.42 Å². The molecule has 0 atom stereocenters. The third-order valence-corrected chi connectivity index (χ3v) is 2.39. The summed E-state index contributed by atoms with van der Waals surface area (Å²) in [6.45, 7) is 3.79. The fourth-order valence-corrected chi connectivity index (χ4v) is 1.19. The Balaban J connectivity index is 0.000000423. The van der Waals surface area contributed by atoms with Crippen molar-refractivity contribution >= 4 is 10.1 Å². The van der Waals surface area contributed by atoms with Crippen LogP contribution in [-0.2, 0) is 10.1 Å². The molecular weight excluding hydrogens is 212 g/mol. The fraction of sp³-hybridized carbons (Fsp3) is 0.273. The van der Waals surface area contributed by atoms with E-state index in [4.69, 9.17) is 11.0 Å². The summed E-state index contributed by atoms with van der Waals surface area (Å²) in [5, 5.41) is 0. The molecule has 1 N–H and O–H groups in total. The average Bonchev–Trinajstić information content (AvgIpc) is 2.17. The van der Waals surface area contributed by atoms with Gasteiger partial charge in [0.1, 0.15) is 0 Å². The molecule has 0 spiro atoms. The molecule has 0 aliphatic rings. The van der Waals surface area contributed by atoms with E-state index in [0.717, 1.165) is 12.0 Å². The van der Waals surface area contributed by atoms with Crippen molar-refractivity contribution in [1.82, 2.24) is 0 Å². The zero-order valence-electron chi connectivity index (χ0n) is 8.77. The van der Waals surface area contributed by atoms with E-state index < -0.39 is 10.1 Å². The minimum Gasteiger partial charge on any atom is -0.282 e. The van der Waals surface area contributed by atoms with Gasteiger partial charge < -0.3 is 0 Å². The van der Waals surface area contributed by atoms with Crippen LogP contribution in [0, 0.1) is 19.3 Å². The lowest BCUT2D eigenvalue weighted by Gasteiger charge is -1.95. The molecule has 0 heterocycles. The second kappa shape index (κ2) is 6.23. The van der Waals surface area contributed by atoms with Crippen LogP contribution in [0.25, 0.3) is 0 Å². The zero-order chi connectivity index (χ0) is 11.9. The van der Waals surface area contributed by atoms with Crippen LogP contribution in [0.2, 0.25) is 0 Å². The lowest BCUT2D eigenvalue weighted by molar-refractivity contribution is 0.483. The van der Waals surface area contributed by atoms with Crippen molar-refractivity contribution in [2.75, 3.05) is 0 Å². The van der Waals surface area contributed by atoms with Gasteiger partial charge in [-0.2, -0.15) is 8.42 Å². The smallest absolute Gasteiger partial charge is 0.282 e. The van der Waals surface area contributed by atoms with Crippen LogP contribution >= 0.6 is 0 Å². The van der Waals surface area contributed by atoms with Crippen LogP contribution in [0.4, 0.5) is 0 Å². The number of hydrogen-bond acceptors (Lipinski definition) is 2. The van der Waals surface area contributed by atoms with Crippen LogP contribution < -0.4 is 0 Å². The van der Waals surface area contributed by atoms with Gasteiger partial charge in [0.25, 0.3) is 10.1 Å². The number of terminal acetylenes is 1. The van der Waals surface area contributed by atoms with E-state index in [9.17, 15) is 8.42 Å². The van der Waals surface area contributed by atoms with E-state index in [2.05, 4.69) is 5.92 Å². The Morgan fingerprint density at radius 2 is 1.73 bits per heavy atom. The highest BCUT2D eigenvalue weighted by molar-refractivity contribution is 7.85. The molecule has 0 amide bonds. The highest BCUT2D eigenvalue weighted by Crippen LogP contribution is 2.08. The summed E-state index contributed by atoms with van der Waals surface area (Å²) in [5.41, 5.74) is 0.956. The minimum absolute atomic E-state index is 0.0666. The Morgan fingerprint density at radius 3 is 2.00 bits per heavy atom. The molecule has 0 aliphatic heterocycles. The first kappa shape index (κ1) is 13.7. The average molecular weight is 226 g/mol. The van der Waals surface area contributed by atoms with E-state index in [1.807, 2.05) is 13.8 Å². The predicted molar refractivity (Wildman–Crippen MR) is 60.1 cm³/mol. The number of hydrogen-bond donors (Lipinski definition) is 1. The van der Waals surface area contributed by atoms with Gasteiger partial charge in [-0.3, -0.25) is 4.55 Å². The molecule has 1 aromatic carbocycles. The standard InChI is InChI=1S/C7H8O3S.C4H6/c1-6-2-4-7(5-3-6)11(8,9)10;1-3-4-2/h2-5H,1H3,(H,8,9,10);1H,4H2,2H3. The molecule has 0 bridgehead atoms. The number of aryl methyl sites for hydroxylation is 1. The molecule has 0 saturated carbocycles. The Labute approximate surface area is 90.9 Å². The Hall–Kier alpha value is -1.31. The highest BCUT2D eigenvalue weighted by atomic mass is 32.2. The second-order valence-electron chi connectivity index (χ2n) is 2.85. The van der Waals surface area contributed by atoms with E-state index in [1.165, 1.54) is 12.1 Å². The van der Waals surface area contributed by atoms with Crippen molar-refractivity contribution in [3.05, 3.63) is 29.8 Å². The largest absolute Gasteiger partial charge is 0.294 e. The summed E-state index contributed by atoms with van der Waals surface area (Å²) in [6, 6.07) is 5.99. The van der Waals surface area contributed by atoms with E-state index in [0.29, 0.717) is 0 Å². The highest BCUT2D eigenvalue weighted by Gasteiger charge is 2.06.